The average molecular weight is 514 g/mol. The van der Waals surface area contributed by atoms with Crippen LogP contribution in [0.25, 0.3) is 10.9 Å². The second kappa shape index (κ2) is 10.8. The van der Waals surface area contributed by atoms with Gasteiger partial charge in [0.15, 0.2) is 5.82 Å². The standard InChI is InChI=1S/C25H35N7O3S/c1-18(2)27-22-6-5-9-26-24(22)31-10-12-32(13-11-31)25(33)23-17-19-16-20(7-8-21(19)28-23)29-36(34,35)15-14-30(3)4/h5-9,16-18,27-29H,10-15H2,1-4H3. The lowest BCUT2D eigenvalue weighted by atomic mass is 10.2. The van der Waals surface area contributed by atoms with Crippen molar-refractivity contribution in [3.05, 3.63) is 48.3 Å². The van der Waals surface area contributed by atoms with Crippen LogP contribution < -0.4 is 14.9 Å². The Balaban J connectivity index is 1.41. The van der Waals surface area contributed by atoms with Crippen molar-refractivity contribution in [3.8, 4) is 0 Å². The van der Waals surface area contributed by atoms with Gasteiger partial charge in [0.2, 0.25) is 10.0 Å². The molecule has 0 aliphatic carbocycles. The number of rotatable bonds is 9. The molecule has 1 aliphatic rings. The maximum absolute atomic E-state index is 13.2. The van der Waals surface area contributed by atoms with Crippen LogP contribution in [0.3, 0.4) is 0 Å². The molecule has 3 N–H and O–H groups in total. The van der Waals surface area contributed by atoms with Gasteiger partial charge >= 0.3 is 0 Å². The molecule has 0 atom stereocenters. The van der Waals surface area contributed by atoms with Crippen molar-refractivity contribution >= 4 is 44.0 Å². The van der Waals surface area contributed by atoms with Gasteiger partial charge in [-0.2, -0.15) is 0 Å². The number of H-pyrrole nitrogens is 1. The van der Waals surface area contributed by atoms with Crippen LogP contribution in [-0.4, -0.2) is 92.7 Å². The van der Waals surface area contributed by atoms with Gasteiger partial charge in [0.1, 0.15) is 5.69 Å². The summed E-state index contributed by atoms with van der Waals surface area (Å²) in [5, 5.41) is 4.22. The number of carbonyl (C=O) groups excluding carboxylic acids is 1. The summed E-state index contributed by atoms with van der Waals surface area (Å²) in [7, 11) is 0.212. The van der Waals surface area contributed by atoms with E-state index >= 15 is 0 Å². The van der Waals surface area contributed by atoms with Crippen LogP contribution in [-0.2, 0) is 10.0 Å². The molecule has 1 aromatic carbocycles. The topological polar surface area (TPSA) is 114 Å². The van der Waals surface area contributed by atoms with E-state index in [9.17, 15) is 13.2 Å². The molecule has 0 bridgehead atoms. The molecule has 1 fully saturated rings. The fourth-order valence-corrected chi connectivity index (χ4v) is 5.40. The van der Waals surface area contributed by atoms with Crippen molar-refractivity contribution in [2.24, 2.45) is 0 Å². The third-order valence-corrected chi connectivity index (χ3v) is 7.30. The number of carbonyl (C=O) groups is 1. The van der Waals surface area contributed by atoms with Gasteiger partial charge in [-0.3, -0.25) is 9.52 Å². The van der Waals surface area contributed by atoms with Crippen LogP contribution in [0.15, 0.2) is 42.6 Å². The number of aromatic amines is 1. The highest BCUT2D eigenvalue weighted by molar-refractivity contribution is 7.92. The minimum atomic E-state index is -3.45. The maximum atomic E-state index is 13.2. The first-order valence-corrected chi connectivity index (χ1v) is 13.8. The first-order chi connectivity index (χ1) is 17.1. The number of nitrogens with one attached hydrogen (secondary N) is 3. The Morgan fingerprint density at radius 2 is 1.89 bits per heavy atom. The quantitative estimate of drug-likeness (QED) is 0.403. The molecule has 1 aliphatic heterocycles. The fraction of sp³-hybridized carbons (Fsp3) is 0.440. The van der Waals surface area contributed by atoms with Gasteiger partial charge in [0, 0.05) is 61.6 Å². The van der Waals surface area contributed by atoms with Crippen molar-refractivity contribution in [1.29, 1.82) is 0 Å². The zero-order valence-electron chi connectivity index (χ0n) is 21.3. The van der Waals surface area contributed by atoms with E-state index in [4.69, 9.17) is 0 Å². The van der Waals surface area contributed by atoms with Gasteiger partial charge in [0.05, 0.1) is 11.4 Å². The van der Waals surface area contributed by atoms with Crippen molar-refractivity contribution in [1.82, 2.24) is 19.8 Å². The van der Waals surface area contributed by atoms with Gasteiger partial charge < -0.3 is 25.0 Å². The Labute approximate surface area is 212 Å². The molecule has 3 aromatic rings. The molecule has 4 rings (SSSR count). The predicted octanol–water partition coefficient (Wildman–Crippen LogP) is 2.65. The monoisotopic (exact) mass is 513 g/mol. The van der Waals surface area contributed by atoms with Crippen molar-refractivity contribution in [3.63, 3.8) is 0 Å². The van der Waals surface area contributed by atoms with E-state index in [1.165, 1.54) is 0 Å². The summed E-state index contributed by atoms with van der Waals surface area (Å²) in [6.07, 6.45) is 1.79. The first-order valence-electron chi connectivity index (χ1n) is 12.1. The molecule has 1 saturated heterocycles. The van der Waals surface area contributed by atoms with E-state index in [1.54, 1.807) is 30.5 Å². The lowest BCUT2D eigenvalue weighted by molar-refractivity contribution is 0.0741. The number of pyridine rings is 1. The highest BCUT2D eigenvalue weighted by Crippen LogP contribution is 2.26. The van der Waals surface area contributed by atoms with Crippen LogP contribution in [0, 0.1) is 0 Å². The van der Waals surface area contributed by atoms with E-state index < -0.39 is 10.0 Å². The Morgan fingerprint density at radius 3 is 2.58 bits per heavy atom. The van der Waals surface area contributed by atoms with Crippen molar-refractivity contribution in [2.75, 3.05) is 67.5 Å². The Morgan fingerprint density at radius 1 is 1.14 bits per heavy atom. The Kier molecular flexibility index (Phi) is 7.70. The fourth-order valence-electron chi connectivity index (χ4n) is 4.21. The number of sulfonamides is 1. The maximum Gasteiger partial charge on any atom is 0.270 e. The molecule has 0 saturated carbocycles. The molecular weight excluding hydrogens is 478 g/mol. The first kappa shape index (κ1) is 25.8. The number of hydrogen-bond donors (Lipinski definition) is 3. The second-order valence-corrected chi connectivity index (χ2v) is 11.5. The van der Waals surface area contributed by atoms with Crippen LogP contribution in [0.4, 0.5) is 17.2 Å². The molecule has 36 heavy (non-hydrogen) atoms. The van der Waals surface area contributed by atoms with Gasteiger partial charge in [0.25, 0.3) is 5.91 Å². The summed E-state index contributed by atoms with van der Waals surface area (Å²) in [6, 6.07) is 11.3. The van der Waals surface area contributed by atoms with E-state index in [0.717, 1.165) is 22.4 Å². The van der Waals surface area contributed by atoms with E-state index in [0.29, 0.717) is 50.1 Å². The molecule has 11 heteroatoms. The van der Waals surface area contributed by atoms with Gasteiger partial charge in [-0.1, -0.05) is 0 Å². The van der Waals surface area contributed by atoms with E-state index in [-0.39, 0.29) is 11.7 Å². The van der Waals surface area contributed by atoms with Crippen LogP contribution in [0.1, 0.15) is 24.3 Å². The largest absolute Gasteiger partial charge is 0.380 e. The highest BCUT2D eigenvalue weighted by atomic mass is 32.2. The summed E-state index contributed by atoms with van der Waals surface area (Å²) >= 11 is 0. The third-order valence-electron chi connectivity index (χ3n) is 6.03. The molecular formula is C25H35N7O3S. The Bertz CT molecular complexity index is 1310. The number of benzene rings is 1. The molecule has 194 valence electrons. The molecule has 0 radical (unpaired) electrons. The lowest BCUT2D eigenvalue weighted by Gasteiger charge is -2.36. The predicted molar refractivity (Wildman–Crippen MR) is 145 cm³/mol. The Hall–Kier alpha value is -3.31. The number of hydrogen-bond acceptors (Lipinski definition) is 7. The van der Waals surface area contributed by atoms with Crippen molar-refractivity contribution < 1.29 is 13.2 Å². The van der Waals surface area contributed by atoms with E-state index in [2.05, 4.69) is 38.8 Å². The second-order valence-electron chi connectivity index (χ2n) is 9.66. The molecule has 3 heterocycles. The molecule has 10 nitrogen and oxygen atoms in total. The highest BCUT2D eigenvalue weighted by Gasteiger charge is 2.25. The number of fused-ring (bicyclic) bond motifs is 1. The minimum Gasteiger partial charge on any atom is -0.380 e. The summed E-state index contributed by atoms with van der Waals surface area (Å²) in [5.74, 6) is 0.846. The summed E-state index contributed by atoms with van der Waals surface area (Å²) in [5.41, 5.74) is 2.75. The zero-order chi connectivity index (χ0) is 25.9. The van der Waals surface area contributed by atoms with Gasteiger partial charge in [-0.25, -0.2) is 13.4 Å². The van der Waals surface area contributed by atoms with E-state index in [1.807, 2.05) is 36.0 Å². The third kappa shape index (κ3) is 6.27. The number of anilines is 3. The van der Waals surface area contributed by atoms with Crippen LogP contribution >= 0.6 is 0 Å². The minimum absolute atomic E-state index is 0.00835. The number of amides is 1. The number of piperazine rings is 1. The lowest BCUT2D eigenvalue weighted by Crippen LogP contribution is -2.49. The van der Waals surface area contributed by atoms with Gasteiger partial charge in [-0.05, 0) is 64.3 Å². The normalized spacial score (nSPS) is 14.6. The summed E-state index contributed by atoms with van der Waals surface area (Å²) in [6.45, 7) is 7.17. The number of aromatic nitrogens is 2. The molecule has 0 spiro atoms. The summed E-state index contributed by atoms with van der Waals surface area (Å²) < 4.78 is 27.3. The molecule has 0 unspecified atom stereocenters. The number of nitrogens with zero attached hydrogens (tertiary/aromatic N) is 4. The van der Waals surface area contributed by atoms with Crippen LogP contribution in [0.5, 0.6) is 0 Å². The SMILES string of the molecule is CC(C)Nc1cccnc1N1CCN(C(=O)c2cc3cc(NS(=O)(=O)CCN(C)C)ccc3[nH]2)CC1. The average Bonchev–Trinajstić information content (AvgIpc) is 3.26. The van der Waals surface area contributed by atoms with Crippen molar-refractivity contribution in [2.45, 2.75) is 19.9 Å². The smallest absolute Gasteiger partial charge is 0.270 e. The molecule has 1 amide bonds. The summed E-state index contributed by atoms with van der Waals surface area (Å²) in [4.78, 5) is 26.8. The molecule has 2 aromatic heterocycles. The van der Waals surface area contributed by atoms with Crippen LogP contribution in [0.2, 0.25) is 0 Å². The van der Waals surface area contributed by atoms with Gasteiger partial charge in [-0.15, -0.1) is 0 Å². The zero-order valence-corrected chi connectivity index (χ0v) is 22.1.